The predicted molar refractivity (Wildman–Crippen MR) is 120 cm³/mol. The molecule has 0 bridgehead atoms. The summed E-state index contributed by atoms with van der Waals surface area (Å²) >= 11 is 0. The van der Waals surface area contributed by atoms with Crippen LogP contribution in [0.2, 0.25) is 0 Å². The van der Waals surface area contributed by atoms with Crippen LogP contribution in [0.3, 0.4) is 0 Å². The van der Waals surface area contributed by atoms with E-state index in [1.807, 2.05) is 0 Å². The number of hydrogen-bond donors (Lipinski definition) is 1. The van der Waals surface area contributed by atoms with Gasteiger partial charge in [-0.1, -0.05) is 53.9 Å². The molecule has 8 atom stereocenters. The van der Waals surface area contributed by atoms with Crippen LogP contribution in [-0.4, -0.2) is 10.9 Å². The third-order valence-electron chi connectivity index (χ3n) is 10.4. The van der Waals surface area contributed by atoms with Gasteiger partial charge in [0, 0.05) is 5.41 Å². The number of carbonyl (C=O) groups excluding carboxylic acids is 1. The van der Waals surface area contributed by atoms with Crippen LogP contribution in [0.4, 0.5) is 0 Å². The molecule has 0 radical (unpaired) electrons. The van der Waals surface area contributed by atoms with Gasteiger partial charge in [0.05, 0.1) is 0 Å². The molecule has 0 aliphatic heterocycles. The summed E-state index contributed by atoms with van der Waals surface area (Å²) in [7, 11) is 0. The zero-order valence-electron chi connectivity index (χ0n) is 19.5. The second-order valence-corrected chi connectivity index (χ2v) is 12.1. The van der Waals surface area contributed by atoms with Gasteiger partial charge in [0.25, 0.3) is 0 Å². The number of allylic oxidation sites excluding steroid dienone is 2. The fourth-order valence-electron chi connectivity index (χ4n) is 8.79. The SMILES string of the molecule is CC(C)CCC[C@@H](C)[C@H]1CC[C@H]2[C@@H]3CCC4CC=C(O)C(=O)[C@]4(C)[C@H]3CC[C@]12C. The second-order valence-electron chi connectivity index (χ2n) is 12.1. The Kier molecular flexibility index (Phi) is 5.71. The highest BCUT2D eigenvalue weighted by Crippen LogP contribution is 2.67. The molecular weight excluding hydrogens is 356 g/mol. The molecule has 3 saturated carbocycles. The molecular formula is C27H44O2. The molecule has 1 unspecified atom stereocenters. The summed E-state index contributed by atoms with van der Waals surface area (Å²) in [6, 6.07) is 0. The van der Waals surface area contributed by atoms with E-state index in [1.54, 1.807) is 6.08 Å². The lowest BCUT2D eigenvalue weighted by Gasteiger charge is -2.59. The first-order valence-electron chi connectivity index (χ1n) is 12.6. The van der Waals surface area contributed by atoms with Crippen molar-refractivity contribution in [2.24, 2.45) is 52.3 Å². The summed E-state index contributed by atoms with van der Waals surface area (Å²) < 4.78 is 0. The maximum atomic E-state index is 13.1. The molecule has 0 aromatic rings. The molecule has 164 valence electrons. The van der Waals surface area contributed by atoms with Crippen LogP contribution in [-0.2, 0) is 4.79 Å². The van der Waals surface area contributed by atoms with Gasteiger partial charge in [-0.3, -0.25) is 4.79 Å². The van der Waals surface area contributed by atoms with E-state index in [0.717, 1.165) is 30.1 Å². The van der Waals surface area contributed by atoms with Gasteiger partial charge < -0.3 is 5.11 Å². The van der Waals surface area contributed by atoms with Crippen LogP contribution >= 0.6 is 0 Å². The van der Waals surface area contributed by atoms with E-state index in [-0.39, 0.29) is 17.0 Å². The summed E-state index contributed by atoms with van der Waals surface area (Å²) in [4.78, 5) is 13.1. The molecule has 3 fully saturated rings. The first-order chi connectivity index (χ1) is 13.7. The van der Waals surface area contributed by atoms with Crippen LogP contribution in [0.1, 0.15) is 98.8 Å². The van der Waals surface area contributed by atoms with E-state index in [4.69, 9.17) is 0 Å². The van der Waals surface area contributed by atoms with Crippen molar-refractivity contribution in [3.8, 4) is 0 Å². The normalized spacial score (nSPS) is 45.4. The molecule has 0 amide bonds. The molecule has 4 rings (SSSR count). The summed E-state index contributed by atoms with van der Waals surface area (Å²) in [5.74, 6) is 5.04. The molecule has 0 heterocycles. The first-order valence-corrected chi connectivity index (χ1v) is 12.6. The minimum absolute atomic E-state index is 0.0563. The Balaban J connectivity index is 1.52. The lowest BCUT2D eigenvalue weighted by atomic mass is 9.44. The van der Waals surface area contributed by atoms with Crippen molar-refractivity contribution >= 4 is 5.78 Å². The zero-order valence-corrected chi connectivity index (χ0v) is 19.5. The van der Waals surface area contributed by atoms with E-state index in [9.17, 15) is 9.90 Å². The van der Waals surface area contributed by atoms with Crippen molar-refractivity contribution in [3.63, 3.8) is 0 Å². The molecule has 4 aliphatic rings. The third kappa shape index (κ3) is 3.32. The first kappa shape index (κ1) is 21.4. The highest BCUT2D eigenvalue weighted by atomic mass is 16.3. The van der Waals surface area contributed by atoms with Crippen LogP contribution < -0.4 is 0 Å². The largest absolute Gasteiger partial charge is 0.505 e. The molecule has 0 aromatic carbocycles. The fourth-order valence-corrected chi connectivity index (χ4v) is 8.79. The quantitative estimate of drug-likeness (QED) is 0.524. The average molecular weight is 401 g/mol. The molecule has 2 nitrogen and oxygen atoms in total. The predicted octanol–water partition coefficient (Wildman–Crippen LogP) is 7.34. The summed E-state index contributed by atoms with van der Waals surface area (Å²) in [5, 5.41) is 10.3. The standard InChI is InChI=1S/C27H44O2/c1-17(2)7-6-8-18(3)21-12-13-22-20-11-9-19-10-14-24(28)25(29)27(19,5)23(20)15-16-26(21,22)4/h14,17-23,28H,6-13,15-16H2,1-5H3/t18-,19?,20+,21-,22+,23+,26-,27+/m1/s1. The maximum absolute atomic E-state index is 13.1. The van der Waals surface area contributed by atoms with Gasteiger partial charge in [0.1, 0.15) is 0 Å². The van der Waals surface area contributed by atoms with Crippen molar-refractivity contribution in [1.82, 2.24) is 0 Å². The highest BCUT2D eigenvalue weighted by molar-refractivity contribution is 5.99. The Morgan fingerprint density at radius 1 is 1.03 bits per heavy atom. The zero-order chi connectivity index (χ0) is 21.0. The maximum Gasteiger partial charge on any atom is 0.203 e. The highest BCUT2D eigenvalue weighted by Gasteiger charge is 2.62. The number of aliphatic hydroxyl groups excluding tert-OH is 1. The Hall–Kier alpha value is -0.790. The van der Waals surface area contributed by atoms with Crippen molar-refractivity contribution in [2.75, 3.05) is 0 Å². The van der Waals surface area contributed by atoms with Gasteiger partial charge >= 0.3 is 0 Å². The molecule has 2 heteroatoms. The lowest BCUT2D eigenvalue weighted by Crippen LogP contribution is -2.56. The summed E-state index contributed by atoms with van der Waals surface area (Å²) in [6.07, 6.45) is 14.5. The second kappa shape index (κ2) is 7.72. The molecule has 4 aliphatic carbocycles. The molecule has 0 spiro atoms. The average Bonchev–Trinajstić information content (AvgIpc) is 3.02. The number of aliphatic hydroxyl groups is 1. The minimum Gasteiger partial charge on any atom is -0.505 e. The molecule has 1 N–H and O–H groups in total. The monoisotopic (exact) mass is 400 g/mol. The number of Topliss-reactive ketones (excluding diaryl/α,β-unsaturated/α-hetero) is 1. The van der Waals surface area contributed by atoms with Gasteiger partial charge in [-0.05, 0) is 97.9 Å². The van der Waals surface area contributed by atoms with Gasteiger partial charge in [-0.25, -0.2) is 0 Å². The fraction of sp³-hybridized carbons (Fsp3) is 0.889. The van der Waals surface area contributed by atoms with Crippen molar-refractivity contribution in [1.29, 1.82) is 0 Å². The number of rotatable bonds is 5. The number of ketones is 1. The van der Waals surface area contributed by atoms with E-state index < -0.39 is 0 Å². The summed E-state index contributed by atoms with van der Waals surface area (Å²) in [5.41, 5.74) is 0.154. The van der Waals surface area contributed by atoms with Gasteiger partial charge in [-0.15, -0.1) is 0 Å². The number of hydrogen-bond acceptors (Lipinski definition) is 2. The Morgan fingerprint density at radius 2 is 1.79 bits per heavy atom. The Bertz CT molecular complexity index is 663. The van der Waals surface area contributed by atoms with Crippen LogP contribution in [0, 0.1) is 52.3 Å². The molecule has 29 heavy (non-hydrogen) atoms. The number of carbonyl (C=O) groups is 1. The minimum atomic E-state index is -0.315. The van der Waals surface area contributed by atoms with Crippen molar-refractivity contribution < 1.29 is 9.90 Å². The van der Waals surface area contributed by atoms with E-state index in [0.29, 0.717) is 23.2 Å². The van der Waals surface area contributed by atoms with Crippen LogP contribution in [0.5, 0.6) is 0 Å². The van der Waals surface area contributed by atoms with Gasteiger partial charge in [0.2, 0.25) is 5.78 Å². The lowest BCUT2D eigenvalue weighted by molar-refractivity contribution is -0.151. The number of fused-ring (bicyclic) bond motifs is 5. The van der Waals surface area contributed by atoms with Gasteiger partial charge in [0.15, 0.2) is 5.76 Å². The van der Waals surface area contributed by atoms with Crippen LogP contribution in [0.25, 0.3) is 0 Å². The van der Waals surface area contributed by atoms with Crippen molar-refractivity contribution in [3.05, 3.63) is 11.8 Å². The van der Waals surface area contributed by atoms with E-state index in [1.165, 1.54) is 57.8 Å². The van der Waals surface area contributed by atoms with E-state index >= 15 is 0 Å². The third-order valence-corrected chi connectivity index (χ3v) is 10.4. The topological polar surface area (TPSA) is 37.3 Å². The van der Waals surface area contributed by atoms with Gasteiger partial charge in [-0.2, -0.15) is 0 Å². The molecule has 0 saturated heterocycles. The Morgan fingerprint density at radius 3 is 2.52 bits per heavy atom. The Labute approximate surface area is 178 Å². The smallest absolute Gasteiger partial charge is 0.203 e. The van der Waals surface area contributed by atoms with Crippen molar-refractivity contribution in [2.45, 2.75) is 98.8 Å². The molecule has 0 aromatic heterocycles. The van der Waals surface area contributed by atoms with E-state index in [2.05, 4.69) is 34.6 Å². The van der Waals surface area contributed by atoms with Crippen LogP contribution in [0.15, 0.2) is 11.8 Å². The summed E-state index contributed by atoms with van der Waals surface area (Å²) in [6.45, 7) is 12.0.